The molecule has 0 aliphatic rings. The lowest BCUT2D eigenvalue weighted by Crippen LogP contribution is -2.38. The van der Waals surface area contributed by atoms with Crippen LogP contribution in [0.4, 0.5) is 0 Å². The van der Waals surface area contributed by atoms with Gasteiger partial charge in [0.2, 0.25) is 0 Å². The van der Waals surface area contributed by atoms with Gasteiger partial charge in [-0.25, -0.2) is 15.2 Å². The summed E-state index contributed by atoms with van der Waals surface area (Å²) in [6.07, 6.45) is 2.62. The van der Waals surface area contributed by atoms with Crippen molar-refractivity contribution in [3.63, 3.8) is 0 Å². The molecule has 0 aliphatic heterocycles. The Morgan fingerprint density at radius 3 is 2.73 bits per heavy atom. The summed E-state index contributed by atoms with van der Waals surface area (Å²) in [5, 5.41) is 13.4. The Bertz CT molecular complexity index is 1140. The van der Waals surface area contributed by atoms with E-state index in [-0.39, 0.29) is 23.5 Å². The van der Waals surface area contributed by atoms with Gasteiger partial charge in [0.25, 0.3) is 11.5 Å². The van der Waals surface area contributed by atoms with Crippen molar-refractivity contribution in [1.29, 1.82) is 0 Å². The number of imidazole rings is 1. The molecule has 26 heavy (non-hydrogen) atoms. The zero-order valence-electron chi connectivity index (χ0n) is 14.1. The Kier molecular flexibility index (Phi) is 4.40. The summed E-state index contributed by atoms with van der Waals surface area (Å²) in [6.45, 7) is -0.206. The molecule has 0 spiro atoms. The van der Waals surface area contributed by atoms with Crippen LogP contribution in [0.15, 0.2) is 45.3 Å². The van der Waals surface area contributed by atoms with E-state index in [1.54, 1.807) is 18.2 Å². The van der Waals surface area contributed by atoms with E-state index in [0.29, 0.717) is 5.56 Å². The van der Waals surface area contributed by atoms with E-state index in [0.717, 1.165) is 4.57 Å². The number of phenols is 1. The van der Waals surface area contributed by atoms with Crippen LogP contribution in [0, 0.1) is 0 Å². The van der Waals surface area contributed by atoms with Crippen LogP contribution in [0.2, 0.25) is 0 Å². The van der Waals surface area contributed by atoms with Crippen LogP contribution >= 0.6 is 0 Å². The number of carbonyl (C=O) groups excluding carboxylic acids is 1. The van der Waals surface area contributed by atoms with Crippen LogP contribution < -0.4 is 16.7 Å². The number of para-hydroxylation sites is 1. The zero-order valence-corrected chi connectivity index (χ0v) is 14.1. The van der Waals surface area contributed by atoms with Gasteiger partial charge in [0, 0.05) is 19.7 Å². The highest BCUT2D eigenvalue weighted by molar-refractivity contribution is 5.85. The number of hydrazone groups is 1. The lowest BCUT2D eigenvalue weighted by molar-refractivity contribution is -0.121. The number of aryl methyl sites for hydroxylation is 1. The van der Waals surface area contributed by atoms with E-state index in [9.17, 15) is 19.5 Å². The summed E-state index contributed by atoms with van der Waals surface area (Å²) in [4.78, 5) is 40.3. The number of hydrogen-bond donors (Lipinski definition) is 2. The van der Waals surface area contributed by atoms with E-state index >= 15 is 0 Å². The molecule has 0 aliphatic carbocycles. The van der Waals surface area contributed by atoms with Gasteiger partial charge in [0.05, 0.1) is 12.5 Å². The Morgan fingerprint density at radius 1 is 1.27 bits per heavy atom. The average molecular weight is 356 g/mol. The van der Waals surface area contributed by atoms with Crippen LogP contribution in [0.1, 0.15) is 5.56 Å². The molecule has 2 N–H and O–H groups in total. The Labute approximate surface area is 146 Å². The number of hydrogen-bond acceptors (Lipinski definition) is 6. The Morgan fingerprint density at radius 2 is 2.00 bits per heavy atom. The van der Waals surface area contributed by atoms with Crippen molar-refractivity contribution >= 4 is 23.3 Å². The highest BCUT2D eigenvalue weighted by atomic mass is 16.3. The largest absolute Gasteiger partial charge is 0.507 e. The first-order chi connectivity index (χ1) is 12.4. The lowest BCUT2D eigenvalue weighted by Gasteiger charge is -2.06. The minimum atomic E-state index is -0.536. The summed E-state index contributed by atoms with van der Waals surface area (Å²) < 4.78 is 3.54. The second kappa shape index (κ2) is 6.67. The molecule has 0 saturated carbocycles. The zero-order chi connectivity index (χ0) is 18.8. The first-order valence-corrected chi connectivity index (χ1v) is 7.61. The van der Waals surface area contributed by atoms with Crippen LogP contribution in [0.5, 0.6) is 5.75 Å². The highest BCUT2D eigenvalue weighted by Gasteiger charge is 2.15. The summed E-state index contributed by atoms with van der Waals surface area (Å²) in [7, 11) is 2.86. The van der Waals surface area contributed by atoms with Gasteiger partial charge in [-0.05, 0) is 12.1 Å². The van der Waals surface area contributed by atoms with Crippen molar-refractivity contribution in [1.82, 2.24) is 24.1 Å². The minimum absolute atomic E-state index is 0.0375. The van der Waals surface area contributed by atoms with Crippen molar-refractivity contribution in [3.8, 4) is 5.75 Å². The topological polar surface area (TPSA) is 124 Å². The molecule has 2 aromatic heterocycles. The molecule has 3 aromatic rings. The fraction of sp³-hybridized carbons (Fsp3) is 0.188. The van der Waals surface area contributed by atoms with Gasteiger partial charge in [-0.1, -0.05) is 12.1 Å². The molecule has 1 amide bonds. The third kappa shape index (κ3) is 2.99. The van der Waals surface area contributed by atoms with Gasteiger partial charge in [-0.3, -0.25) is 18.7 Å². The first kappa shape index (κ1) is 17.1. The van der Waals surface area contributed by atoms with Crippen LogP contribution in [0.3, 0.4) is 0 Å². The molecular formula is C16H16N6O4. The smallest absolute Gasteiger partial charge is 0.332 e. The number of aromatic hydroxyl groups is 1. The number of nitrogens with one attached hydrogen (secondary N) is 1. The van der Waals surface area contributed by atoms with Crippen molar-refractivity contribution in [3.05, 3.63) is 57.0 Å². The van der Waals surface area contributed by atoms with E-state index in [4.69, 9.17) is 0 Å². The number of phenolic OH excluding ortho intramolecular Hbond substituents is 1. The standard InChI is InChI=1S/C16H16N6O4/c1-20-14-13(15(25)21(2)16(20)26)22(9-17-14)8-12(24)19-18-7-10-5-3-4-6-11(10)23/h3-7,9,23H,8H2,1-2H3,(H,19,24)/b18-7+. The lowest BCUT2D eigenvalue weighted by atomic mass is 10.2. The molecule has 0 radical (unpaired) electrons. The predicted molar refractivity (Wildman–Crippen MR) is 94.1 cm³/mol. The maximum atomic E-state index is 12.3. The quantitative estimate of drug-likeness (QED) is 0.472. The number of fused-ring (bicyclic) bond motifs is 1. The molecule has 3 rings (SSSR count). The summed E-state index contributed by atoms with van der Waals surface area (Å²) in [6, 6.07) is 6.53. The number of nitrogens with zero attached hydrogens (tertiary/aromatic N) is 5. The molecule has 10 heteroatoms. The molecule has 1 aromatic carbocycles. The van der Waals surface area contributed by atoms with Gasteiger partial charge >= 0.3 is 5.69 Å². The number of carbonyl (C=O) groups is 1. The monoisotopic (exact) mass is 356 g/mol. The third-order valence-electron chi connectivity index (χ3n) is 3.86. The van der Waals surface area contributed by atoms with Gasteiger partial charge in [-0.2, -0.15) is 5.10 Å². The van der Waals surface area contributed by atoms with E-state index in [1.807, 2.05) is 0 Å². The van der Waals surface area contributed by atoms with Crippen LogP contribution in [0.25, 0.3) is 11.2 Å². The van der Waals surface area contributed by atoms with Crippen LogP contribution in [-0.4, -0.2) is 35.9 Å². The molecule has 134 valence electrons. The molecule has 10 nitrogen and oxygen atoms in total. The molecule has 0 fully saturated rings. The SMILES string of the molecule is Cn1c(=O)c2c(ncn2CC(=O)N/N=C/c2ccccc2O)n(C)c1=O. The van der Waals surface area contributed by atoms with E-state index in [2.05, 4.69) is 15.5 Å². The number of aromatic nitrogens is 4. The normalized spacial score (nSPS) is 11.3. The fourth-order valence-corrected chi connectivity index (χ4v) is 2.48. The van der Waals surface area contributed by atoms with Gasteiger partial charge in [-0.15, -0.1) is 0 Å². The molecule has 0 saturated heterocycles. The highest BCUT2D eigenvalue weighted by Crippen LogP contribution is 2.12. The van der Waals surface area contributed by atoms with E-state index in [1.165, 1.54) is 41.8 Å². The Hall–Kier alpha value is -3.69. The van der Waals surface area contributed by atoms with Crippen molar-refractivity contribution in [2.75, 3.05) is 0 Å². The maximum Gasteiger partial charge on any atom is 0.332 e. The molecular weight excluding hydrogens is 340 g/mol. The van der Waals surface area contributed by atoms with Crippen molar-refractivity contribution in [2.45, 2.75) is 6.54 Å². The average Bonchev–Trinajstić information content (AvgIpc) is 3.03. The first-order valence-electron chi connectivity index (χ1n) is 7.61. The molecule has 0 unspecified atom stereocenters. The third-order valence-corrected chi connectivity index (χ3v) is 3.86. The Balaban J connectivity index is 1.81. The maximum absolute atomic E-state index is 12.3. The second-order valence-corrected chi connectivity index (χ2v) is 5.60. The second-order valence-electron chi connectivity index (χ2n) is 5.60. The molecule has 0 atom stereocenters. The van der Waals surface area contributed by atoms with Gasteiger partial charge in [0.1, 0.15) is 12.3 Å². The van der Waals surface area contributed by atoms with Crippen molar-refractivity contribution in [2.24, 2.45) is 19.2 Å². The van der Waals surface area contributed by atoms with Crippen molar-refractivity contribution < 1.29 is 9.90 Å². The van der Waals surface area contributed by atoms with Gasteiger partial charge in [0.15, 0.2) is 11.2 Å². The molecule has 2 heterocycles. The number of benzene rings is 1. The number of amides is 1. The summed E-state index contributed by atoms with van der Waals surface area (Å²) in [5.41, 5.74) is 2.08. The van der Waals surface area contributed by atoms with Crippen LogP contribution in [-0.2, 0) is 25.4 Å². The predicted octanol–water partition coefficient (Wildman–Crippen LogP) is -0.710. The summed E-state index contributed by atoms with van der Waals surface area (Å²) >= 11 is 0. The van der Waals surface area contributed by atoms with E-state index < -0.39 is 17.2 Å². The number of rotatable bonds is 4. The fourth-order valence-electron chi connectivity index (χ4n) is 2.48. The molecule has 0 bridgehead atoms. The van der Waals surface area contributed by atoms with Gasteiger partial charge < -0.3 is 9.67 Å². The summed E-state index contributed by atoms with van der Waals surface area (Å²) in [5.74, 6) is -0.456. The minimum Gasteiger partial charge on any atom is -0.507 e.